The number of carbonyl (C=O) groups excluding carboxylic acids is 1. The number of benzene rings is 1. The van der Waals surface area contributed by atoms with Crippen LogP contribution in [0.4, 0.5) is 0 Å². The van der Waals surface area contributed by atoms with Gasteiger partial charge in [0.05, 0.1) is 13.2 Å². The summed E-state index contributed by atoms with van der Waals surface area (Å²) in [6, 6.07) is 5.70. The first-order chi connectivity index (χ1) is 12.7. The zero-order chi connectivity index (χ0) is 18.1. The summed E-state index contributed by atoms with van der Waals surface area (Å²) >= 11 is 0. The summed E-state index contributed by atoms with van der Waals surface area (Å²) in [5, 5.41) is 8.91. The van der Waals surface area contributed by atoms with E-state index in [4.69, 9.17) is 4.74 Å². The van der Waals surface area contributed by atoms with Gasteiger partial charge in [0.15, 0.2) is 5.82 Å². The highest BCUT2D eigenvalue weighted by atomic mass is 16.5. The summed E-state index contributed by atoms with van der Waals surface area (Å²) in [6.07, 6.45) is 6.51. The van der Waals surface area contributed by atoms with Gasteiger partial charge in [0.2, 0.25) is 0 Å². The van der Waals surface area contributed by atoms with Gasteiger partial charge < -0.3 is 14.2 Å². The van der Waals surface area contributed by atoms with Crippen LogP contribution in [-0.2, 0) is 13.0 Å². The van der Waals surface area contributed by atoms with E-state index >= 15 is 0 Å². The molecule has 2 aliphatic heterocycles. The molecule has 1 saturated heterocycles. The highest BCUT2D eigenvalue weighted by Crippen LogP contribution is 2.34. The zero-order valence-electron chi connectivity index (χ0n) is 15.6. The van der Waals surface area contributed by atoms with Crippen molar-refractivity contribution in [2.45, 2.75) is 58.0 Å². The number of ether oxygens (including phenoxy) is 1. The van der Waals surface area contributed by atoms with Gasteiger partial charge in [-0.2, -0.15) is 0 Å². The predicted octanol–water partition coefficient (Wildman–Crippen LogP) is 3.30. The monoisotopic (exact) mass is 354 g/mol. The van der Waals surface area contributed by atoms with Crippen LogP contribution in [0.25, 0.3) is 0 Å². The van der Waals surface area contributed by atoms with Gasteiger partial charge in [0, 0.05) is 25.1 Å². The molecule has 6 nitrogen and oxygen atoms in total. The van der Waals surface area contributed by atoms with Crippen molar-refractivity contribution in [2.24, 2.45) is 0 Å². The number of fused-ring (bicyclic) bond motifs is 1. The Hall–Kier alpha value is -2.37. The van der Waals surface area contributed by atoms with Crippen molar-refractivity contribution in [1.82, 2.24) is 19.7 Å². The van der Waals surface area contributed by atoms with E-state index in [-0.39, 0.29) is 11.9 Å². The van der Waals surface area contributed by atoms with E-state index < -0.39 is 0 Å². The van der Waals surface area contributed by atoms with Crippen LogP contribution in [0.3, 0.4) is 0 Å². The Labute approximate surface area is 154 Å². The van der Waals surface area contributed by atoms with Crippen molar-refractivity contribution >= 4 is 5.91 Å². The summed E-state index contributed by atoms with van der Waals surface area (Å²) in [5.74, 6) is 2.85. The Morgan fingerprint density at radius 3 is 2.88 bits per heavy atom. The van der Waals surface area contributed by atoms with Crippen LogP contribution < -0.4 is 4.74 Å². The number of hydrogen-bond donors (Lipinski definition) is 0. The fourth-order valence-corrected chi connectivity index (χ4v) is 4.15. The molecule has 1 atom stereocenters. The molecule has 1 amide bonds. The summed E-state index contributed by atoms with van der Waals surface area (Å²) in [7, 11) is 1.64. The maximum absolute atomic E-state index is 13.2. The van der Waals surface area contributed by atoms with Gasteiger partial charge in [-0.3, -0.25) is 4.79 Å². The average molecular weight is 354 g/mol. The number of amides is 1. The molecule has 0 bridgehead atoms. The third-order valence-electron chi connectivity index (χ3n) is 5.60. The van der Waals surface area contributed by atoms with Gasteiger partial charge in [0.1, 0.15) is 11.6 Å². The second kappa shape index (κ2) is 7.09. The number of aryl methyl sites for hydroxylation is 2. The first-order valence-corrected chi connectivity index (χ1v) is 9.56. The standard InChI is InChI=1S/C20H26N4O2/c1-14-9-10-15(13-17(14)26-2)20(25)23-12-6-7-16(23)19-22-21-18-8-4-3-5-11-24(18)19/h9-10,13,16H,3-8,11-12H2,1-2H3. The second-order valence-electron chi connectivity index (χ2n) is 7.28. The van der Waals surface area contributed by atoms with E-state index in [9.17, 15) is 4.79 Å². The topological polar surface area (TPSA) is 60.2 Å². The van der Waals surface area contributed by atoms with Crippen LogP contribution in [0.5, 0.6) is 5.75 Å². The summed E-state index contributed by atoms with van der Waals surface area (Å²) in [4.78, 5) is 15.1. The van der Waals surface area contributed by atoms with Crippen LogP contribution in [0, 0.1) is 6.92 Å². The van der Waals surface area contributed by atoms with Gasteiger partial charge in [-0.1, -0.05) is 12.5 Å². The normalized spacial score (nSPS) is 19.9. The summed E-state index contributed by atoms with van der Waals surface area (Å²) in [6.45, 7) is 3.72. The Balaban J connectivity index is 1.63. The van der Waals surface area contributed by atoms with Crippen LogP contribution in [-0.4, -0.2) is 39.2 Å². The Kier molecular flexibility index (Phi) is 4.66. The predicted molar refractivity (Wildman–Crippen MR) is 98.3 cm³/mol. The van der Waals surface area contributed by atoms with Gasteiger partial charge in [-0.25, -0.2) is 0 Å². The minimum Gasteiger partial charge on any atom is -0.496 e. The third kappa shape index (κ3) is 2.97. The number of methoxy groups -OCH3 is 1. The molecule has 3 heterocycles. The lowest BCUT2D eigenvalue weighted by Crippen LogP contribution is -2.32. The van der Waals surface area contributed by atoms with Crippen LogP contribution in [0.1, 0.15) is 65.7 Å². The van der Waals surface area contributed by atoms with E-state index in [1.807, 2.05) is 30.0 Å². The molecule has 2 aliphatic rings. The number of nitrogens with zero attached hydrogens (tertiary/aromatic N) is 4. The fraction of sp³-hybridized carbons (Fsp3) is 0.550. The molecule has 0 aliphatic carbocycles. The quantitative estimate of drug-likeness (QED) is 0.848. The van der Waals surface area contributed by atoms with Gasteiger partial charge in [0.25, 0.3) is 5.91 Å². The molecule has 1 fully saturated rings. The van der Waals surface area contributed by atoms with Gasteiger partial charge in [-0.15, -0.1) is 10.2 Å². The molecule has 26 heavy (non-hydrogen) atoms. The Morgan fingerprint density at radius 2 is 2.04 bits per heavy atom. The maximum atomic E-state index is 13.2. The lowest BCUT2D eigenvalue weighted by molar-refractivity contribution is 0.0726. The number of rotatable bonds is 3. The number of likely N-dealkylation sites (tertiary alicyclic amines) is 1. The molecule has 6 heteroatoms. The molecule has 1 aromatic heterocycles. The van der Waals surface area contributed by atoms with Crippen LogP contribution in [0.15, 0.2) is 18.2 Å². The first kappa shape index (κ1) is 17.1. The van der Waals surface area contributed by atoms with E-state index in [0.29, 0.717) is 5.56 Å². The smallest absolute Gasteiger partial charge is 0.254 e. The van der Waals surface area contributed by atoms with E-state index in [1.54, 1.807) is 7.11 Å². The molecule has 0 spiro atoms. The van der Waals surface area contributed by atoms with Crippen molar-refractivity contribution in [3.8, 4) is 5.75 Å². The van der Waals surface area contributed by atoms with Crippen LogP contribution >= 0.6 is 0 Å². The average Bonchev–Trinajstić information content (AvgIpc) is 3.22. The van der Waals surface area contributed by atoms with E-state index in [0.717, 1.165) is 61.7 Å². The SMILES string of the molecule is COc1cc(C(=O)N2CCCC2c2nnc3n2CCCCC3)ccc1C. The van der Waals surface area contributed by atoms with E-state index in [1.165, 1.54) is 12.8 Å². The molecule has 1 aromatic carbocycles. The molecule has 0 saturated carbocycles. The van der Waals surface area contributed by atoms with Gasteiger partial charge in [-0.05, 0) is 50.3 Å². The number of hydrogen-bond acceptors (Lipinski definition) is 4. The molecule has 0 radical (unpaired) electrons. The second-order valence-corrected chi connectivity index (χ2v) is 7.28. The van der Waals surface area contributed by atoms with Crippen LogP contribution in [0.2, 0.25) is 0 Å². The zero-order valence-corrected chi connectivity index (χ0v) is 15.6. The number of aromatic nitrogens is 3. The molecule has 138 valence electrons. The highest BCUT2D eigenvalue weighted by molar-refractivity contribution is 5.95. The molecule has 4 rings (SSSR count). The Bertz CT molecular complexity index is 814. The minimum atomic E-state index is 0.0224. The Morgan fingerprint density at radius 1 is 1.15 bits per heavy atom. The lowest BCUT2D eigenvalue weighted by atomic mass is 10.1. The molecule has 0 N–H and O–H groups in total. The van der Waals surface area contributed by atoms with Crippen molar-refractivity contribution in [3.05, 3.63) is 41.0 Å². The summed E-state index contributed by atoms with van der Waals surface area (Å²) in [5.41, 5.74) is 1.71. The van der Waals surface area contributed by atoms with Gasteiger partial charge >= 0.3 is 0 Å². The van der Waals surface area contributed by atoms with Crippen molar-refractivity contribution in [3.63, 3.8) is 0 Å². The number of carbonyl (C=O) groups is 1. The maximum Gasteiger partial charge on any atom is 0.254 e. The fourth-order valence-electron chi connectivity index (χ4n) is 4.15. The lowest BCUT2D eigenvalue weighted by Gasteiger charge is -2.25. The third-order valence-corrected chi connectivity index (χ3v) is 5.60. The van der Waals surface area contributed by atoms with Crippen molar-refractivity contribution in [2.75, 3.05) is 13.7 Å². The molecular weight excluding hydrogens is 328 g/mol. The highest BCUT2D eigenvalue weighted by Gasteiger charge is 2.35. The largest absolute Gasteiger partial charge is 0.496 e. The summed E-state index contributed by atoms with van der Waals surface area (Å²) < 4.78 is 7.65. The molecule has 1 unspecified atom stereocenters. The first-order valence-electron chi connectivity index (χ1n) is 9.56. The molecule has 2 aromatic rings. The van der Waals surface area contributed by atoms with Crippen molar-refractivity contribution < 1.29 is 9.53 Å². The minimum absolute atomic E-state index is 0.0224. The van der Waals surface area contributed by atoms with E-state index in [2.05, 4.69) is 14.8 Å². The van der Waals surface area contributed by atoms with Crippen molar-refractivity contribution in [1.29, 1.82) is 0 Å². The molecular formula is C20H26N4O2.